The molecule has 0 aliphatic rings. The Balaban J connectivity index is 1.61. The predicted molar refractivity (Wildman–Crippen MR) is 194 cm³/mol. The Hall–Kier alpha value is -4.67. The Kier molecular flexibility index (Phi) is 8.00. The second kappa shape index (κ2) is 12.5. The first-order valence-corrected chi connectivity index (χ1v) is 18.5. The normalized spacial score (nSPS) is 11.6. The molecule has 0 atom stereocenters. The minimum absolute atomic E-state index is 1.12. The van der Waals surface area contributed by atoms with Crippen LogP contribution >= 0.6 is 14.5 Å². The number of hydrogen-bond donors (Lipinski definition) is 0. The van der Waals surface area contributed by atoms with E-state index in [1.165, 1.54) is 37.1 Å². The van der Waals surface area contributed by atoms with Crippen molar-refractivity contribution in [1.82, 2.24) is 4.98 Å². The van der Waals surface area contributed by atoms with Crippen molar-refractivity contribution in [2.75, 3.05) is 0 Å². The maximum atomic E-state index is 5.30. The van der Waals surface area contributed by atoms with Crippen molar-refractivity contribution in [2.24, 2.45) is 0 Å². The largest absolute Gasteiger partial charge is 0.221 e. The van der Waals surface area contributed by atoms with Gasteiger partial charge in [-0.15, -0.1) is 0 Å². The predicted octanol–water partition coefficient (Wildman–Crippen LogP) is 6.32. The summed E-state index contributed by atoms with van der Waals surface area (Å²) in [4.78, 5) is 5.30. The van der Waals surface area contributed by atoms with Gasteiger partial charge in [-0.05, 0) is 72.8 Å². The van der Waals surface area contributed by atoms with Gasteiger partial charge in [0.25, 0.3) is 0 Å². The highest BCUT2D eigenvalue weighted by Gasteiger charge is 2.53. The zero-order valence-electron chi connectivity index (χ0n) is 24.4. The van der Waals surface area contributed by atoms with Gasteiger partial charge in [0.1, 0.15) is 44.4 Å². The van der Waals surface area contributed by atoms with Crippen LogP contribution < -0.4 is 42.6 Å². The third-order valence-electron chi connectivity index (χ3n) is 8.32. The molecule has 1 heterocycles. The highest BCUT2D eigenvalue weighted by atomic mass is 31.2. The van der Waals surface area contributed by atoms with Crippen LogP contribution in [0.15, 0.2) is 200 Å². The van der Waals surface area contributed by atoms with E-state index in [1.54, 1.807) is 0 Å². The molecule has 0 unspecified atom stereocenters. The minimum Gasteiger partial charge on any atom is -0.221 e. The van der Waals surface area contributed by atoms with E-state index in [-0.39, 0.29) is 0 Å². The Morgan fingerprint density at radius 1 is 0.273 bits per heavy atom. The number of aromatic nitrogens is 1. The molecule has 0 saturated heterocycles. The maximum Gasteiger partial charge on any atom is 0.202 e. The zero-order chi connectivity index (χ0) is 29.7. The number of rotatable bonds is 8. The van der Waals surface area contributed by atoms with Gasteiger partial charge in [0.15, 0.2) is 7.26 Å². The highest BCUT2D eigenvalue weighted by molar-refractivity contribution is 8.02. The van der Waals surface area contributed by atoms with Crippen molar-refractivity contribution >= 4 is 57.1 Å². The Bertz CT molecular complexity index is 1600. The Morgan fingerprint density at radius 3 is 0.841 bits per heavy atom. The molecule has 0 radical (unpaired) electrons. The van der Waals surface area contributed by atoms with E-state index in [9.17, 15) is 0 Å². The monoisotopic (exact) mass is 601 g/mol. The summed E-state index contributed by atoms with van der Waals surface area (Å²) in [6, 6.07) is 71.0. The van der Waals surface area contributed by atoms with Crippen LogP contribution in [-0.4, -0.2) is 4.98 Å². The molecule has 0 bridgehead atoms. The lowest BCUT2D eigenvalue weighted by atomic mass is 10.3. The summed E-state index contributed by atoms with van der Waals surface area (Å²) in [5.74, 6) is 0. The Morgan fingerprint density at radius 2 is 0.545 bits per heavy atom. The molecule has 0 N–H and O–H groups in total. The van der Waals surface area contributed by atoms with Crippen molar-refractivity contribution < 1.29 is 0 Å². The number of pyridine rings is 1. The molecule has 1 aromatic heterocycles. The number of benzene rings is 6. The quantitative estimate of drug-likeness (QED) is 0.186. The molecule has 7 aromatic rings. The molecule has 210 valence electrons. The summed E-state index contributed by atoms with van der Waals surface area (Å²) in [5, 5.41) is 9.19. The van der Waals surface area contributed by atoms with Crippen molar-refractivity contribution in [2.45, 2.75) is 0 Å². The first kappa shape index (κ1) is 28.1. The van der Waals surface area contributed by atoms with Crippen LogP contribution in [0.3, 0.4) is 0 Å². The highest BCUT2D eigenvalue weighted by Crippen LogP contribution is 2.57. The van der Waals surface area contributed by atoms with Gasteiger partial charge in [0.2, 0.25) is 5.44 Å². The lowest BCUT2D eigenvalue weighted by molar-refractivity contribution is 1.40. The van der Waals surface area contributed by atoms with E-state index >= 15 is 0 Å². The van der Waals surface area contributed by atoms with Gasteiger partial charge in [-0.3, -0.25) is 0 Å². The third-order valence-corrected chi connectivity index (χ3v) is 16.7. The van der Waals surface area contributed by atoms with Gasteiger partial charge in [-0.1, -0.05) is 109 Å². The summed E-state index contributed by atoms with van der Waals surface area (Å²) in [6.45, 7) is 0. The van der Waals surface area contributed by atoms with Crippen LogP contribution in [0.5, 0.6) is 0 Å². The first-order valence-electron chi connectivity index (χ1n) is 14.9. The number of hydrogen-bond acceptors (Lipinski definition) is 1. The lowest BCUT2D eigenvalue weighted by Crippen LogP contribution is -2.43. The lowest BCUT2D eigenvalue weighted by Gasteiger charge is -2.30. The van der Waals surface area contributed by atoms with Gasteiger partial charge >= 0.3 is 0 Å². The molecule has 0 aliphatic heterocycles. The molecular weight excluding hydrogens is 568 g/mol. The van der Waals surface area contributed by atoms with Gasteiger partial charge in [-0.25, -0.2) is 4.98 Å². The summed E-state index contributed by atoms with van der Waals surface area (Å²) < 4.78 is 0. The fourth-order valence-electron chi connectivity index (χ4n) is 6.45. The molecule has 44 heavy (non-hydrogen) atoms. The van der Waals surface area contributed by atoms with Crippen LogP contribution in [0, 0.1) is 0 Å². The van der Waals surface area contributed by atoms with E-state index in [2.05, 4.69) is 200 Å². The zero-order valence-corrected chi connectivity index (χ0v) is 26.2. The molecule has 0 spiro atoms. The SMILES string of the molecule is c1ccc([P+](c2ccccc2)(c2ccccc2)c2ccnc([P+](c3ccccc3)(c3ccccc3)c3ccccc3)c2)cc1. The van der Waals surface area contributed by atoms with Crippen LogP contribution in [0.4, 0.5) is 0 Å². The summed E-state index contributed by atoms with van der Waals surface area (Å²) in [6.07, 6.45) is 2.05. The molecule has 1 nitrogen and oxygen atoms in total. The van der Waals surface area contributed by atoms with E-state index < -0.39 is 14.5 Å². The fraction of sp³-hybridized carbons (Fsp3) is 0. The van der Waals surface area contributed by atoms with Crippen molar-refractivity contribution in [3.63, 3.8) is 0 Å². The average molecular weight is 602 g/mol. The van der Waals surface area contributed by atoms with Crippen LogP contribution in [0.2, 0.25) is 0 Å². The topological polar surface area (TPSA) is 12.9 Å². The first-order chi connectivity index (χ1) is 21.8. The number of nitrogens with zero attached hydrogens (tertiary/aromatic N) is 1. The van der Waals surface area contributed by atoms with Gasteiger partial charge in [0, 0.05) is 18.3 Å². The third kappa shape index (κ3) is 4.80. The minimum atomic E-state index is -2.37. The smallest absolute Gasteiger partial charge is 0.202 e. The van der Waals surface area contributed by atoms with E-state index in [0.29, 0.717) is 0 Å². The molecule has 3 heteroatoms. The van der Waals surface area contributed by atoms with Crippen LogP contribution in [0.25, 0.3) is 0 Å². The van der Waals surface area contributed by atoms with Crippen molar-refractivity contribution in [1.29, 1.82) is 0 Å². The van der Waals surface area contributed by atoms with Gasteiger partial charge < -0.3 is 0 Å². The van der Waals surface area contributed by atoms with E-state index in [1.807, 2.05) is 0 Å². The summed E-state index contributed by atoms with van der Waals surface area (Å²) in [7, 11) is -4.67. The van der Waals surface area contributed by atoms with Crippen molar-refractivity contribution in [3.05, 3.63) is 200 Å². The summed E-state index contributed by atoms with van der Waals surface area (Å²) in [5.41, 5.74) is 1.12. The molecule has 6 aromatic carbocycles. The average Bonchev–Trinajstić information content (AvgIpc) is 3.12. The summed E-state index contributed by atoms with van der Waals surface area (Å²) >= 11 is 0. The van der Waals surface area contributed by atoms with Crippen LogP contribution in [0.1, 0.15) is 0 Å². The molecule has 0 saturated carbocycles. The molecule has 0 amide bonds. The van der Waals surface area contributed by atoms with E-state index in [4.69, 9.17) is 4.98 Å². The fourth-order valence-corrected chi connectivity index (χ4v) is 14.9. The molecular formula is C41H33NP2+2. The molecule has 0 fully saturated rings. The van der Waals surface area contributed by atoms with E-state index in [0.717, 1.165) is 5.44 Å². The molecule has 7 rings (SSSR count). The second-order valence-electron chi connectivity index (χ2n) is 10.7. The van der Waals surface area contributed by atoms with Crippen molar-refractivity contribution in [3.8, 4) is 0 Å². The van der Waals surface area contributed by atoms with Gasteiger partial charge in [-0.2, -0.15) is 0 Å². The standard InChI is InChI=1S/C41H33NP2/c1-7-19-34(20-8-1)43(35-21-9-2-10-22-35,36-23-11-3-12-24-36)40-31-32-42-41(33-40)44(37-25-13-4-14-26-37,38-27-15-5-16-28-38)39-29-17-6-18-30-39/h1-33H/q+2. The maximum absolute atomic E-state index is 5.30. The Labute approximate surface area is 261 Å². The second-order valence-corrected chi connectivity index (χ2v) is 17.5. The molecule has 0 aliphatic carbocycles. The van der Waals surface area contributed by atoms with Crippen LogP contribution in [-0.2, 0) is 0 Å². The van der Waals surface area contributed by atoms with Gasteiger partial charge in [0.05, 0.1) is 0 Å².